The maximum Gasteiger partial charge on any atom is 0.280 e. The molecule has 4 heteroatoms. The Morgan fingerprint density at radius 3 is 1.46 bits per heavy atom. The van der Waals surface area contributed by atoms with Crippen molar-refractivity contribution in [2.24, 2.45) is 5.92 Å². The molecule has 1 saturated heterocycles. The highest BCUT2D eigenvalue weighted by atomic mass is 16.9. The molecule has 0 bridgehead atoms. The maximum absolute atomic E-state index is 6.37. The molecule has 1 aliphatic heterocycles. The molecule has 292 valence electrons. The van der Waals surface area contributed by atoms with E-state index in [9.17, 15) is 0 Å². The fraction of sp³-hybridized carbons (Fsp3) is 0.826. The van der Waals surface area contributed by atoms with E-state index in [2.05, 4.69) is 81.5 Å². The van der Waals surface area contributed by atoms with Gasteiger partial charge in [-0.05, 0) is 103 Å². The van der Waals surface area contributed by atoms with Crippen LogP contribution in [0.5, 0.6) is 0 Å². The van der Waals surface area contributed by atoms with E-state index in [1.54, 1.807) is 0 Å². The highest BCUT2D eigenvalue weighted by molar-refractivity contribution is 4.93. The van der Waals surface area contributed by atoms with Gasteiger partial charge in [0.1, 0.15) is 0 Å². The van der Waals surface area contributed by atoms with E-state index < -0.39 is 5.97 Å². The minimum absolute atomic E-state index is 0.126. The summed E-state index contributed by atoms with van der Waals surface area (Å²) in [4.78, 5) is 2.20. The highest BCUT2D eigenvalue weighted by Gasteiger charge is 2.38. The predicted molar refractivity (Wildman–Crippen MR) is 220 cm³/mol. The lowest BCUT2D eigenvalue weighted by Crippen LogP contribution is -2.33. The van der Waals surface area contributed by atoms with E-state index in [0.29, 0.717) is 12.5 Å². The van der Waals surface area contributed by atoms with Gasteiger partial charge >= 0.3 is 0 Å². The van der Waals surface area contributed by atoms with Crippen LogP contribution in [-0.4, -0.2) is 50.8 Å². The molecule has 1 heterocycles. The van der Waals surface area contributed by atoms with Crippen molar-refractivity contribution in [3.8, 4) is 0 Å². The quantitative estimate of drug-likeness (QED) is 0.0481. The Labute approximate surface area is 312 Å². The van der Waals surface area contributed by atoms with E-state index in [1.165, 1.54) is 154 Å². The van der Waals surface area contributed by atoms with Gasteiger partial charge in [0.25, 0.3) is 5.97 Å². The molecule has 0 aromatic rings. The molecule has 4 nitrogen and oxygen atoms in total. The fourth-order valence-corrected chi connectivity index (χ4v) is 6.66. The smallest absolute Gasteiger partial charge is 0.280 e. The standard InChI is InChI=1S/C46H85NO3/c1-6-8-10-12-14-16-18-20-22-24-26-28-30-32-34-36-38-44(42-48-46(3)49-43-45(50-46)40-41-47(4)5)39-37-35-33-31-29-27-25-23-21-19-17-15-13-11-9-7-2/h14-17,20-23,44-45H,6-13,18-19,24-43H2,1-5H3. The first-order valence-corrected chi connectivity index (χ1v) is 21.7. The second-order valence-corrected chi connectivity index (χ2v) is 15.4. The van der Waals surface area contributed by atoms with Crippen LogP contribution in [0, 0.1) is 5.92 Å². The summed E-state index contributed by atoms with van der Waals surface area (Å²) in [5, 5.41) is 0. The molecule has 0 spiro atoms. The zero-order chi connectivity index (χ0) is 36.2. The molecule has 0 amide bonds. The van der Waals surface area contributed by atoms with Crippen molar-refractivity contribution < 1.29 is 14.2 Å². The van der Waals surface area contributed by atoms with Gasteiger partial charge in [-0.3, -0.25) is 0 Å². The lowest BCUT2D eigenvalue weighted by molar-refractivity contribution is -0.329. The normalized spacial score (nSPS) is 19.1. The third-order valence-electron chi connectivity index (χ3n) is 10.0. The lowest BCUT2D eigenvalue weighted by atomic mass is 9.94. The van der Waals surface area contributed by atoms with Crippen molar-refractivity contribution in [3.63, 3.8) is 0 Å². The van der Waals surface area contributed by atoms with Crippen LogP contribution in [-0.2, 0) is 14.2 Å². The van der Waals surface area contributed by atoms with Crippen LogP contribution in [0.3, 0.4) is 0 Å². The lowest BCUT2D eigenvalue weighted by Gasteiger charge is -2.27. The molecule has 2 unspecified atom stereocenters. The average molecular weight is 700 g/mol. The predicted octanol–water partition coefficient (Wildman–Crippen LogP) is 14.1. The van der Waals surface area contributed by atoms with Crippen molar-refractivity contribution in [2.45, 2.75) is 206 Å². The third kappa shape index (κ3) is 30.4. The van der Waals surface area contributed by atoms with Crippen LogP contribution in [0.15, 0.2) is 48.6 Å². The van der Waals surface area contributed by atoms with Crippen molar-refractivity contribution in [3.05, 3.63) is 48.6 Å². The molecule has 0 aliphatic carbocycles. The Morgan fingerprint density at radius 2 is 1.02 bits per heavy atom. The highest BCUT2D eigenvalue weighted by Crippen LogP contribution is 2.29. The molecule has 0 N–H and O–H groups in total. The minimum atomic E-state index is -0.881. The van der Waals surface area contributed by atoms with E-state index >= 15 is 0 Å². The second kappa shape index (κ2) is 34.9. The molecule has 1 fully saturated rings. The molecule has 2 atom stereocenters. The monoisotopic (exact) mass is 700 g/mol. The van der Waals surface area contributed by atoms with Crippen LogP contribution in [0.25, 0.3) is 0 Å². The average Bonchev–Trinajstić information content (AvgIpc) is 3.49. The van der Waals surface area contributed by atoms with Crippen molar-refractivity contribution in [2.75, 3.05) is 33.9 Å². The van der Waals surface area contributed by atoms with Gasteiger partial charge in [-0.1, -0.05) is 152 Å². The summed E-state index contributed by atoms with van der Waals surface area (Å²) < 4.78 is 18.6. The first kappa shape index (κ1) is 46.8. The number of ether oxygens (including phenoxy) is 3. The molecule has 1 aliphatic rings. The summed E-state index contributed by atoms with van der Waals surface area (Å²) >= 11 is 0. The van der Waals surface area contributed by atoms with Gasteiger partial charge < -0.3 is 19.1 Å². The third-order valence-corrected chi connectivity index (χ3v) is 10.0. The van der Waals surface area contributed by atoms with Gasteiger partial charge in [-0.25, -0.2) is 0 Å². The van der Waals surface area contributed by atoms with Gasteiger partial charge in [-0.15, -0.1) is 0 Å². The van der Waals surface area contributed by atoms with E-state index in [4.69, 9.17) is 14.2 Å². The van der Waals surface area contributed by atoms with Crippen molar-refractivity contribution in [1.29, 1.82) is 0 Å². The molecule has 0 aromatic heterocycles. The first-order valence-electron chi connectivity index (χ1n) is 21.7. The number of hydrogen-bond acceptors (Lipinski definition) is 4. The number of hydrogen-bond donors (Lipinski definition) is 0. The second-order valence-electron chi connectivity index (χ2n) is 15.4. The maximum atomic E-state index is 6.37. The van der Waals surface area contributed by atoms with Gasteiger partial charge in [0.05, 0.1) is 19.3 Å². The van der Waals surface area contributed by atoms with Crippen LogP contribution >= 0.6 is 0 Å². The summed E-state index contributed by atoms with van der Waals surface area (Å²) in [7, 11) is 4.22. The van der Waals surface area contributed by atoms with Gasteiger partial charge in [-0.2, -0.15) is 0 Å². The Hall–Kier alpha value is -1.20. The van der Waals surface area contributed by atoms with E-state index in [0.717, 1.165) is 32.4 Å². The summed E-state index contributed by atoms with van der Waals surface area (Å²) in [5.41, 5.74) is 0. The summed E-state index contributed by atoms with van der Waals surface area (Å²) in [5.74, 6) is -0.287. The Morgan fingerprint density at radius 1 is 0.600 bits per heavy atom. The van der Waals surface area contributed by atoms with Crippen LogP contribution < -0.4 is 0 Å². The van der Waals surface area contributed by atoms with Crippen molar-refractivity contribution >= 4 is 0 Å². The van der Waals surface area contributed by atoms with E-state index in [1.807, 2.05) is 6.92 Å². The van der Waals surface area contributed by atoms with Crippen LogP contribution in [0.4, 0.5) is 0 Å². The fourth-order valence-electron chi connectivity index (χ4n) is 6.66. The molecule has 0 aromatic carbocycles. The SMILES string of the molecule is CCCCCC=CCC=CCCCCCCCCC(CCCCCCCCC=CCC=CCCCCC)COC1(C)OCC(CCN(C)C)O1. The van der Waals surface area contributed by atoms with Gasteiger partial charge in [0, 0.05) is 13.5 Å². The van der Waals surface area contributed by atoms with Crippen LogP contribution in [0.2, 0.25) is 0 Å². The zero-order valence-corrected chi connectivity index (χ0v) is 34.2. The van der Waals surface area contributed by atoms with Gasteiger partial charge in [0.15, 0.2) is 0 Å². The number of nitrogens with zero attached hydrogens (tertiary/aromatic N) is 1. The molecule has 0 radical (unpaired) electrons. The summed E-state index contributed by atoms with van der Waals surface area (Å²) in [6.45, 7) is 8.90. The number of allylic oxidation sites excluding steroid dienone is 8. The first-order chi connectivity index (χ1) is 24.5. The topological polar surface area (TPSA) is 30.9 Å². The number of rotatable bonds is 36. The van der Waals surface area contributed by atoms with Crippen molar-refractivity contribution in [1.82, 2.24) is 4.90 Å². The Kier molecular flexibility index (Phi) is 32.6. The largest absolute Gasteiger partial charge is 0.327 e. The van der Waals surface area contributed by atoms with Crippen LogP contribution in [0.1, 0.15) is 194 Å². The molecule has 0 saturated carbocycles. The number of unbranched alkanes of at least 4 members (excludes halogenated alkanes) is 18. The van der Waals surface area contributed by atoms with Gasteiger partial charge in [0.2, 0.25) is 0 Å². The molecular formula is C46H85NO3. The summed E-state index contributed by atoms with van der Waals surface area (Å²) in [6, 6.07) is 0. The Balaban J connectivity index is 2.24. The summed E-state index contributed by atoms with van der Waals surface area (Å²) in [6.07, 6.45) is 53.8. The zero-order valence-electron chi connectivity index (χ0n) is 34.2. The minimum Gasteiger partial charge on any atom is -0.327 e. The Bertz CT molecular complexity index is 785. The van der Waals surface area contributed by atoms with E-state index in [-0.39, 0.29) is 6.10 Å². The molecule has 1 rings (SSSR count). The molecular weight excluding hydrogens is 615 g/mol. The molecule has 50 heavy (non-hydrogen) atoms.